The van der Waals surface area contributed by atoms with Gasteiger partial charge in [0.25, 0.3) is 5.91 Å². The minimum Gasteiger partial charge on any atom is -0.348 e. The van der Waals surface area contributed by atoms with Crippen molar-refractivity contribution < 1.29 is 18.0 Å². The van der Waals surface area contributed by atoms with Gasteiger partial charge >= 0.3 is 6.18 Å². The number of pyridine rings is 1. The number of allylic oxidation sites excluding steroid dienone is 1. The lowest BCUT2D eigenvalue weighted by Gasteiger charge is -2.12. The second-order valence-corrected chi connectivity index (χ2v) is 8.72. The molecular weight excluding hydrogens is 487 g/mol. The molecule has 0 unspecified atom stereocenters. The van der Waals surface area contributed by atoms with E-state index in [2.05, 4.69) is 27.1 Å². The molecule has 2 heterocycles. The molecule has 0 bridgehead atoms. The van der Waals surface area contributed by atoms with Crippen LogP contribution in [0.15, 0.2) is 90.9 Å². The minimum atomic E-state index is -4.44. The van der Waals surface area contributed by atoms with Gasteiger partial charge in [0, 0.05) is 42.4 Å². The summed E-state index contributed by atoms with van der Waals surface area (Å²) in [6.07, 6.45) is 0.708. The van der Waals surface area contributed by atoms with Crippen LogP contribution in [0, 0.1) is 0 Å². The molecule has 184 valence electrons. The lowest BCUT2D eigenvalue weighted by atomic mass is 10.1. The molecule has 0 radical (unpaired) electrons. The third kappa shape index (κ3) is 6.01. The Labute approximate surface area is 210 Å². The summed E-state index contributed by atoms with van der Waals surface area (Å²) in [6, 6.07) is 15.7. The Morgan fingerprint density at radius 2 is 1.92 bits per heavy atom. The van der Waals surface area contributed by atoms with E-state index in [1.54, 1.807) is 36.7 Å². The van der Waals surface area contributed by atoms with Gasteiger partial charge in [0.05, 0.1) is 5.56 Å². The van der Waals surface area contributed by atoms with Crippen molar-refractivity contribution in [2.24, 2.45) is 0 Å². The van der Waals surface area contributed by atoms with E-state index in [1.165, 1.54) is 17.8 Å². The van der Waals surface area contributed by atoms with Gasteiger partial charge in [0.1, 0.15) is 0 Å². The zero-order chi connectivity index (χ0) is 25.5. The third-order valence-corrected chi connectivity index (χ3v) is 6.29. The van der Waals surface area contributed by atoms with E-state index in [-0.39, 0.29) is 12.5 Å². The summed E-state index contributed by atoms with van der Waals surface area (Å²) in [4.78, 5) is 17.0. The number of nitrogens with zero attached hydrogens (tertiary/aromatic N) is 4. The van der Waals surface area contributed by atoms with Crippen LogP contribution in [0.25, 0.3) is 11.4 Å². The molecular formula is C26H22F3N5OS. The van der Waals surface area contributed by atoms with Crippen LogP contribution in [0.3, 0.4) is 0 Å². The van der Waals surface area contributed by atoms with Gasteiger partial charge in [-0.25, -0.2) is 0 Å². The van der Waals surface area contributed by atoms with E-state index in [0.717, 1.165) is 23.3 Å². The van der Waals surface area contributed by atoms with E-state index >= 15 is 0 Å². The van der Waals surface area contributed by atoms with Crippen LogP contribution in [0.5, 0.6) is 0 Å². The molecule has 0 fully saturated rings. The van der Waals surface area contributed by atoms with E-state index in [4.69, 9.17) is 0 Å². The number of alkyl halides is 3. The molecule has 0 saturated heterocycles. The number of rotatable bonds is 9. The summed E-state index contributed by atoms with van der Waals surface area (Å²) in [5, 5.41) is 12.0. The highest BCUT2D eigenvalue weighted by molar-refractivity contribution is 7.98. The van der Waals surface area contributed by atoms with Crippen LogP contribution >= 0.6 is 11.8 Å². The van der Waals surface area contributed by atoms with E-state index in [0.29, 0.717) is 34.4 Å². The number of amides is 1. The highest BCUT2D eigenvalue weighted by Crippen LogP contribution is 2.30. The van der Waals surface area contributed by atoms with Crippen LogP contribution in [0.4, 0.5) is 13.2 Å². The van der Waals surface area contributed by atoms with Crippen LogP contribution in [0.1, 0.15) is 27.0 Å². The maximum Gasteiger partial charge on any atom is 0.416 e. The van der Waals surface area contributed by atoms with E-state index in [9.17, 15) is 18.0 Å². The normalized spacial score (nSPS) is 11.3. The van der Waals surface area contributed by atoms with Gasteiger partial charge in [0.2, 0.25) is 0 Å². The summed E-state index contributed by atoms with van der Waals surface area (Å²) in [5.41, 5.74) is 1.65. The number of carbonyl (C=O) groups excluding carboxylic acids is 1. The number of thioether (sulfide) groups is 1. The predicted molar refractivity (Wildman–Crippen MR) is 132 cm³/mol. The summed E-state index contributed by atoms with van der Waals surface area (Å²) >= 11 is 1.42. The maximum atomic E-state index is 13.0. The largest absolute Gasteiger partial charge is 0.416 e. The topological polar surface area (TPSA) is 72.7 Å². The van der Waals surface area contributed by atoms with Crippen molar-refractivity contribution in [2.75, 3.05) is 0 Å². The molecule has 4 rings (SSSR count). The number of hydrogen-bond donors (Lipinski definition) is 1. The van der Waals surface area contributed by atoms with Gasteiger partial charge < -0.3 is 5.32 Å². The molecule has 0 aliphatic heterocycles. The average Bonchev–Trinajstić information content (AvgIpc) is 3.29. The Balaban J connectivity index is 1.47. The fraction of sp³-hybridized carbons (Fsp3) is 0.154. The number of benzene rings is 2. The van der Waals surface area contributed by atoms with Gasteiger partial charge in [-0.3, -0.25) is 14.3 Å². The highest BCUT2D eigenvalue weighted by Gasteiger charge is 2.30. The lowest BCUT2D eigenvalue weighted by Crippen LogP contribution is -2.24. The Morgan fingerprint density at radius 3 is 2.67 bits per heavy atom. The third-order valence-electron chi connectivity index (χ3n) is 5.27. The smallest absolute Gasteiger partial charge is 0.348 e. The molecule has 0 aliphatic carbocycles. The van der Waals surface area contributed by atoms with Crippen LogP contribution in [-0.2, 0) is 25.0 Å². The molecule has 0 spiro atoms. The van der Waals surface area contributed by atoms with E-state index < -0.39 is 11.7 Å². The lowest BCUT2D eigenvalue weighted by molar-refractivity contribution is -0.137. The zero-order valence-corrected chi connectivity index (χ0v) is 19.9. The number of carbonyl (C=O) groups is 1. The summed E-state index contributed by atoms with van der Waals surface area (Å²) < 4.78 is 40.8. The first kappa shape index (κ1) is 25.2. The van der Waals surface area contributed by atoms with Crippen molar-refractivity contribution in [3.8, 4) is 11.4 Å². The molecule has 36 heavy (non-hydrogen) atoms. The fourth-order valence-electron chi connectivity index (χ4n) is 3.54. The van der Waals surface area contributed by atoms with Gasteiger partial charge in [-0.15, -0.1) is 16.8 Å². The standard InChI is InChI=1S/C26H22F3N5OS/c1-2-13-34-23(19-9-6-12-30-16-19)32-33-25(34)36-17-20-8-3-4-11-22(20)24(35)31-15-18-7-5-10-21(14-18)26(27,28)29/h2-12,14,16H,1,13,15,17H2,(H,31,35). The molecule has 0 atom stereocenters. The van der Waals surface area contributed by atoms with Crippen LogP contribution in [-0.4, -0.2) is 25.7 Å². The molecule has 10 heteroatoms. The first-order valence-electron chi connectivity index (χ1n) is 11.0. The van der Waals surface area contributed by atoms with Gasteiger partial charge in [-0.2, -0.15) is 13.2 Å². The zero-order valence-electron chi connectivity index (χ0n) is 19.1. The Kier molecular flexibility index (Phi) is 7.84. The molecule has 2 aromatic carbocycles. The van der Waals surface area contributed by atoms with Crippen molar-refractivity contribution >= 4 is 17.7 Å². The number of aromatic nitrogens is 4. The second-order valence-electron chi connectivity index (χ2n) is 7.77. The quantitative estimate of drug-likeness (QED) is 0.229. The van der Waals surface area contributed by atoms with Crippen LogP contribution in [0.2, 0.25) is 0 Å². The second kappa shape index (κ2) is 11.2. The Hall–Kier alpha value is -3.92. The summed E-state index contributed by atoms with van der Waals surface area (Å²) in [7, 11) is 0. The first-order valence-corrected chi connectivity index (χ1v) is 11.9. The molecule has 1 amide bonds. The summed E-state index contributed by atoms with van der Waals surface area (Å²) in [6.45, 7) is 4.29. The number of nitrogens with one attached hydrogen (secondary N) is 1. The fourth-order valence-corrected chi connectivity index (χ4v) is 4.49. The van der Waals surface area contributed by atoms with Crippen molar-refractivity contribution in [3.63, 3.8) is 0 Å². The summed E-state index contributed by atoms with van der Waals surface area (Å²) in [5.74, 6) is 0.736. The average molecular weight is 510 g/mol. The first-order chi connectivity index (χ1) is 17.4. The monoisotopic (exact) mass is 509 g/mol. The SMILES string of the molecule is C=CCn1c(SCc2ccccc2C(=O)NCc2cccc(C(F)(F)F)c2)nnc1-c1cccnc1. The van der Waals surface area contributed by atoms with Crippen molar-refractivity contribution in [1.82, 2.24) is 25.1 Å². The van der Waals surface area contributed by atoms with E-state index in [1.807, 2.05) is 28.8 Å². The van der Waals surface area contributed by atoms with Gasteiger partial charge in [-0.1, -0.05) is 48.2 Å². The number of halogens is 3. The van der Waals surface area contributed by atoms with Crippen molar-refractivity contribution in [1.29, 1.82) is 0 Å². The highest BCUT2D eigenvalue weighted by atomic mass is 32.2. The molecule has 0 aliphatic rings. The minimum absolute atomic E-state index is 0.0215. The molecule has 4 aromatic rings. The van der Waals surface area contributed by atoms with Crippen molar-refractivity contribution in [2.45, 2.75) is 30.2 Å². The van der Waals surface area contributed by atoms with Gasteiger partial charge in [-0.05, 0) is 41.5 Å². The van der Waals surface area contributed by atoms with Crippen molar-refractivity contribution in [3.05, 3.63) is 108 Å². The molecule has 2 aromatic heterocycles. The Morgan fingerprint density at radius 1 is 1.08 bits per heavy atom. The maximum absolute atomic E-state index is 13.0. The van der Waals surface area contributed by atoms with Gasteiger partial charge in [0.15, 0.2) is 11.0 Å². The molecule has 0 saturated carbocycles. The molecule has 1 N–H and O–H groups in total. The Bertz CT molecular complexity index is 1360. The van der Waals surface area contributed by atoms with Crippen LogP contribution < -0.4 is 5.32 Å². The predicted octanol–water partition coefficient (Wildman–Crippen LogP) is 5.77. The number of hydrogen-bond acceptors (Lipinski definition) is 5. The molecule has 6 nitrogen and oxygen atoms in total.